The Morgan fingerprint density at radius 3 is 2.87 bits per heavy atom. The number of thiazole rings is 1. The van der Waals surface area contributed by atoms with Gasteiger partial charge in [0.1, 0.15) is 0 Å². The molecule has 0 saturated carbocycles. The van der Waals surface area contributed by atoms with Crippen molar-refractivity contribution in [1.82, 2.24) is 20.3 Å². The van der Waals surface area contributed by atoms with E-state index in [-0.39, 0.29) is 34.6 Å². The largest absolute Gasteiger partial charge is 0.478 e. The van der Waals surface area contributed by atoms with Gasteiger partial charge in [0.15, 0.2) is 16.1 Å². The minimum atomic E-state index is -0.972. The molecule has 1 fully saturated rings. The number of carboxylic acid groups (broad SMARTS) is 1. The second-order valence-corrected chi connectivity index (χ2v) is 8.38. The quantitative estimate of drug-likeness (QED) is 0.547. The van der Waals surface area contributed by atoms with Crippen molar-refractivity contribution < 1.29 is 19.4 Å². The van der Waals surface area contributed by atoms with E-state index in [4.69, 9.17) is 16.3 Å². The predicted octanol–water partition coefficient (Wildman–Crippen LogP) is 2.70. The topological polar surface area (TPSA) is 120 Å². The summed E-state index contributed by atoms with van der Waals surface area (Å²) in [6.07, 6.45) is 0.375. The summed E-state index contributed by atoms with van der Waals surface area (Å²) in [6.45, 7) is 2.91. The van der Waals surface area contributed by atoms with E-state index in [0.717, 1.165) is 5.13 Å². The average molecular weight is 450 g/mol. The number of aryl methyl sites for hydroxylation is 1. The Morgan fingerprint density at radius 1 is 1.40 bits per heavy atom. The standard InChI is InChI=1S/C19H20ClN5O4S/c1-9-15(20)24-16(21-9)17(26)22-11-6-7-25(8-13(11)29-2)19-23-12-5-3-4-10(18(27)28)14(12)30-19/h3-5,11,13H,6-8H2,1-2H3,(H,21,24)(H,22,26)(H,27,28)/t11-,13+/m1/s1. The van der Waals surface area contributed by atoms with Crippen LogP contribution in [0.2, 0.25) is 5.15 Å². The van der Waals surface area contributed by atoms with Crippen molar-refractivity contribution in [2.24, 2.45) is 0 Å². The Morgan fingerprint density at radius 2 is 2.20 bits per heavy atom. The summed E-state index contributed by atoms with van der Waals surface area (Å²) in [5.41, 5.74) is 1.54. The van der Waals surface area contributed by atoms with Gasteiger partial charge in [-0.2, -0.15) is 0 Å². The lowest BCUT2D eigenvalue weighted by Gasteiger charge is -2.37. The number of carboxylic acids is 1. The first kappa shape index (κ1) is 20.6. The number of rotatable bonds is 5. The summed E-state index contributed by atoms with van der Waals surface area (Å²) in [4.78, 5) is 37.5. The first-order valence-electron chi connectivity index (χ1n) is 9.31. The molecular weight excluding hydrogens is 430 g/mol. The third-order valence-corrected chi connectivity index (χ3v) is 6.66. The fourth-order valence-electron chi connectivity index (χ4n) is 3.52. The van der Waals surface area contributed by atoms with E-state index >= 15 is 0 Å². The van der Waals surface area contributed by atoms with Gasteiger partial charge in [0.05, 0.1) is 33.6 Å². The summed E-state index contributed by atoms with van der Waals surface area (Å²) in [7, 11) is 1.60. The van der Waals surface area contributed by atoms with Crippen LogP contribution in [0.25, 0.3) is 10.2 Å². The summed E-state index contributed by atoms with van der Waals surface area (Å²) >= 11 is 7.28. The lowest BCUT2D eigenvalue weighted by Crippen LogP contribution is -2.55. The van der Waals surface area contributed by atoms with E-state index < -0.39 is 5.97 Å². The summed E-state index contributed by atoms with van der Waals surface area (Å²) in [5, 5.41) is 13.4. The van der Waals surface area contributed by atoms with Crippen molar-refractivity contribution in [1.29, 1.82) is 0 Å². The molecule has 2 aromatic heterocycles. The normalized spacial score (nSPS) is 19.2. The Labute approximate surface area is 181 Å². The molecule has 3 aromatic rings. The van der Waals surface area contributed by atoms with E-state index in [9.17, 15) is 14.7 Å². The maximum atomic E-state index is 12.5. The number of ether oxygens (including phenoxy) is 1. The van der Waals surface area contributed by atoms with Crippen molar-refractivity contribution in [2.45, 2.75) is 25.5 Å². The Balaban J connectivity index is 1.49. The molecule has 0 bridgehead atoms. The van der Waals surface area contributed by atoms with Crippen LogP contribution in [0.3, 0.4) is 0 Å². The number of H-pyrrole nitrogens is 1. The minimum absolute atomic E-state index is 0.169. The van der Waals surface area contributed by atoms with Crippen LogP contribution in [-0.4, -0.2) is 64.3 Å². The highest BCUT2D eigenvalue weighted by Crippen LogP contribution is 2.33. The maximum absolute atomic E-state index is 12.5. The fraction of sp³-hybridized carbons (Fsp3) is 0.368. The second kappa shape index (κ2) is 8.21. The highest BCUT2D eigenvalue weighted by atomic mass is 35.5. The van der Waals surface area contributed by atoms with Gasteiger partial charge < -0.3 is 25.0 Å². The SMILES string of the molecule is CO[C@H]1CN(c2nc3cccc(C(=O)O)c3s2)CC[C@H]1NC(=O)c1nc(Cl)c(C)[nH]1. The molecule has 4 rings (SSSR count). The molecule has 9 nitrogen and oxygen atoms in total. The lowest BCUT2D eigenvalue weighted by atomic mass is 10.0. The zero-order valence-corrected chi connectivity index (χ0v) is 17.9. The van der Waals surface area contributed by atoms with Gasteiger partial charge in [-0.05, 0) is 25.5 Å². The van der Waals surface area contributed by atoms with E-state index in [1.807, 2.05) is 0 Å². The Hall–Kier alpha value is -2.69. The molecular formula is C19H20ClN5O4S. The molecule has 158 valence electrons. The molecule has 1 aliphatic rings. The van der Waals surface area contributed by atoms with Gasteiger partial charge in [-0.25, -0.2) is 14.8 Å². The molecule has 3 N–H and O–H groups in total. The first-order valence-corrected chi connectivity index (χ1v) is 10.5. The predicted molar refractivity (Wildman–Crippen MR) is 114 cm³/mol. The molecule has 0 aliphatic carbocycles. The van der Waals surface area contributed by atoms with Crippen LogP contribution in [0.15, 0.2) is 18.2 Å². The van der Waals surface area contributed by atoms with Gasteiger partial charge in [-0.3, -0.25) is 4.79 Å². The number of hydrogen-bond donors (Lipinski definition) is 3. The second-order valence-electron chi connectivity index (χ2n) is 7.05. The number of carbonyl (C=O) groups excluding carboxylic acids is 1. The third-order valence-electron chi connectivity index (χ3n) is 5.12. The molecule has 1 aliphatic heterocycles. The van der Waals surface area contributed by atoms with Crippen LogP contribution in [0.5, 0.6) is 0 Å². The summed E-state index contributed by atoms with van der Waals surface area (Å²) in [6, 6.07) is 4.87. The number of benzene rings is 1. The Kier molecular flexibility index (Phi) is 5.63. The number of aromatic nitrogens is 3. The lowest BCUT2D eigenvalue weighted by molar-refractivity contribution is 0.0538. The number of carbonyl (C=O) groups is 2. The van der Waals surface area contributed by atoms with E-state index in [1.54, 1.807) is 32.2 Å². The molecule has 11 heteroatoms. The van der Waals surface area contributed by atoms with E-state index in [1.165, 1.54) is 11.3 Å². The zero-order chi connectivity index (χ0) is 21.4. The van der Waals surface area contributed by atoms with Gasteiger partial charge in [0.2, 0.25) is 0 Å². The van der Waals surface area contributed by atoms with Gasteiger partial charge >= 0.3 is 5.97 Å². The Bertz CT molecular complexity index is 1090. The van der Waals surface area contributed by atoms with Crippen molar-refractivity contribution >= 4 is 50.2 Å². The number of nitrogens with zero attached hydrogens (tertiary/aromatic N) is 3. The number of hydrogen-bond acceptors (Lipinski definition) is 7. The minimum Gasteiger partial charge on any atom is -0.478 e. The molecule has 0 spiro atoms. The fourth-order valence-corrected chi connectivity index (χ4v) is 4.76. The molecule has 2 atom stereocenters. The molecule has 30 heavy (non-hydrogen) atoms. The number of anilines is 1. The van der Waals surface area contributed by atoms with Gasteiger partial charge in [-0.15, -0.1) is 0 Å². The number of amides is 1. The average Bonchev–Trinajstić information content (AvgIpc) is 3.31. The monoisotopic (exact) mass is 449 g/mol. The molecule has 0 unspecified atom stereocenters. The first-order chi connectivity index (χ1) is 14.4. The third kappa shape index (κ3) is 3.85. The van der Waals surface area contributed by atoms with Crippen molar-refractivity contribution in [3.05, 3.63) is 40.4 Å². The van der Waals surface area contributed by atoms with Crippen molar-refractivity contribution in [3.63, 3.8) is 0 Å². The van der Waals surface area contributed by atoms with Crippen molar-refractivity contribution in [2.75, 3.05) is 25.1 Å². The van der Waals surface area contributed by atoms with Crippen LogP contribution < -0.4 is 10.2 Å². The molecule has 3 heterocycles. The molecule has 0 radical (unpaired) electrons. The molecule has 1 saturated heterocycles. The number of fused-ring (bicyclic) bond motifs is 1. The molecule has 1 amide bonds. The highest BCUT2D eigenvalue weighted by molar-refractivity contribution is 7.22. The highest BCUT2D eigenvalue weighted by Gasteiger charge is 2.32. The maximum Gasteiger partial charge on any atom is 0.337 e. The number of nitrogens with one attached hydrogen (secondary N) is 2. The van der Waals surface area contributed by atoms with E-state index in [0.29, 0.717) is 35.4 Å². The number of aromatic carboxylic acids is 1. The van der Waals surface area contributed by atoms with Crippen LogP contribution in [0, 0.1) is 6.92 Å². The zero-order valence-electron chi connectivity index (χ0n) is 16.3. The van der Waals surface area contributed by atoms with Gasteiger partial charge in [0.25, 0.3) is 5.91 Å². The summed E-state index contributed by atoms with van der Waals surface area (Å²) < 4.78 is 6.27. The molecule has 1 aromatic carbocycles. The van der Waals surface area contributed by atoms with Gasteiger partial charge in [-0.1, -0.05) is 29.0 Å². The van der Waals surface area contributed by atoms with Crippen LogP contribution in [-0.2, 0) is 4.74 Å². The van der Waals surface area contributed by atoms with Crippen molar-refractivity contribution in [3.8, 4) is 0 Å². The van der Waals surface area contributed by atoms with Crippen LogP contribution >= 0.6 is 22.9 Å². The number of piperidine rings is 1. The van der Waals surface area contributed by atoms with Crippen LogP contribution in [0.4, 0.5) is 5.13 Å². The summed E-state index contributed by atoms with van der Waals surface area (Å²) in [5.74, 6) is -1.14. The smallest absolute Gasteiger partial charge is 0.337 e. The van der Waals surface area contributed by atoms with E-state index in [2.05, 4.69) is 25.2 Å². The number of methoxy groups -OCH3 is 1. The number of aromatic amines is 1. The number of imidazole rings is 1. The van der Waals surface area contributed by atoms with Crippen LogP contribution in [0.1, 0.15) is 33.1 Å². The van der Waals surface area contributed by atoms with Gasteiger partial charge in [0, 0.05) is 20.2 Å². The number of halogens is 1.